The first kappa shape index (κ1) is 18.4. The first-order chi connectivity index (χ1) is 10.7. The number of sulfonamides is 1. The zero-order valence-electron chi connectivity index (χ0n) is 14.5. The van der Waals surface area contributed by atoms with Gasteiger partial charge in [-0.25, -0.2) is 8.42 Å². The van der Waals surface area contributed by atoms with Crippen molar-refractivity contribution in [3.63, 3.8) is 0 Å². The van der Waals surface area contributed by atoms with E-state index in [1.807, 2.05) is 25.1 Å². The van der Waals surface area contributed by atoms with Gasteiger partial charge in [-0.2, -0.15) is 4.31 Å². The number of β-amino-alcohol motifs (C(OH)–C–C–N with tert-alkyl or cyclic N) is 1. The molecule has 5 nitrogen and oxygen atoms in total. The second-order valence-electron chi connectivity index (χ2n) is 7.20. The van der Waals surface area contributed by atoms with E-state index in [4.69, 9.17) is 5.11 Å². The van der Waals surface area contributed by atoms with Crippen LogP contribution in [0.1, 0.15) is 31.9 Å². The van der Waals surface area contributed by atoms with Crippen molar-refractivity contribution in [1.29, 1.82) is 0 Å². The quantitative estimate of drug-likeness (QED) is 0.904. The minimum Gasteiger partial charge on any atom is -0.395 e. The van der Waals surface area contributed by atoms with Crippen LogP contribution >= 0.6 is 0 Å². The van der Waals surface area contributed by atoms with Crippen molar-refractivity contribution in [3.05, 3.63) is 29.3 Å². The molecule has 0 unspecified atom stereocenters. The van der Waals surface area contributed by atoms with Crippen LogP contribution in [0.3, 0.4) is 0 Å². The maximum atomic E-state index is 13.0. The minimum absolute atomic E-state index is 0.0855. The van der Waals surface area contributed by atoms with Crippen LogP contribution in [0.2, 0.25) is 0 Å². The summed E-state index contributed by atoms with van der Waals surface area (Å²) in [6.07, 6.45) is 0. The highest BCUT2D eigenvalue weighted by Crippen LogP contribution is 2.28. The number of piperazine rings is 1. The van der Waals surface area contributed by atoms with E-state index in [0.717, 1.165) is 11.1 Å². The number of aliphatic hydroxyl groups excluding tert-OH is 1. The van der Waals surface area contributed by atoms with Crippen LogP contribution in [0, 0.1) is 6.92 Å². The van der Waals surface area contributed by atoms with E-state index in [-0.39, 0.29) is 12.0 Å². The fourth-order valence-corrected chi connectivity index (χ4v) is 4.49. The summed E-state index contributed by atoms with van der Waals surface area (Å²) < 4.78 is 27.6. The van der Waals surface area contributed by atoms with Gasteiger partial charge in [-0.3, -0.25) is 4.90 Å². The molecule has 130 valence electrons. The number of aliphatic hydroxyl groups is 1. The number of benzene rings is 1. The summed E-state index contributed by atoms with van der Waals surface area (Å²) in [5.41, 5.74) is 1.73. The number of rotatable bonds is 4. The van der Waals surface area contributed by atoms with Crippen LogP contribution in [0.15, 0.2) is 23.1 Å². The molecule has 1 fully saturated rings. The Morgan fingerprint density at radius 2 is 1.74 bits per heavy atom. The Hall–Kier alpha value is -0.950. The van der Waals surface area contributed by atoms with Crippen LogP contribution in [0.25, 0.3) is 0 Å². The van der Waals surface area contributed by atoms with E-state index < -0.39 is 10.0 Å². The van der Waals surface area contributed by atoms with Gasteiger partial charge in [-0.1, -0.05) is 32.9 Å². The summed E-state index contributed by atoms with van der Waals surface area (Å²) in [6, 6.07) is 5.73. The van der Waals surface area contributed by atoms with Crippen LogP contribution < -0.4 is 0 Å². The average Bonchev–Trinajstić information content (AvgIpc) is 2.47. The van der Waals surface area contributed by atoms with Gasteiger partial charge in [0.25, 0.3) is 0 Å². The molecule has 1 saturated heterocycles. The molecule has 1 aliphatic heterocycles. The van der Waals surface area contributed by atoms with Crippen molar-refractivity contribution >= 4 is 10.0 Å². The van der Waals surface area contributed by atoms with E-state index in [2.05, 4.69) is 25.7 Å². The number of hydrogen-bond donors (Lipinski definition) is 1. The molecule has 6 heteroatoms. The summed E-state index contributed by atoms with van der Waals surface area (Å²) in [5, 5.41) is 8.99. The zero-order chi connectivity index (χ0) is 17.3. The highest BCUT2D eigenvalue weighted by Gasteiger charge is 2.30. The highest BCUT2D eigenvalue weighted by atomic mass is 32.2. The monoisotopic (exact) mass is 340 g/mol. The van der Waals surface area contributed by atoms with Gasteiger partial charge in [-0.15, -0.1) is 0 Å². The Bertz CT molecular complexity index is 642. The number of nitrogens with zero attached hydrogens (tertiary/aromatic N) is 2. The topological polar surface area (TPSA) is 60.9 Å². The van der Waals surface area contributed by atoms with Gasteiger partial charge in [0.05, 0.1) is 11.5 Å². The molecule has 0 spiro atoms. The standard InChI is InChI=1S/C17H28N2O3S/c1-14-5-6-15(17(2,3)4)13-16(14)23(21,22)19-9-7-18(8-10-19)11-12-20/h5-6,13,20H,7-12H2,1-4H3. The van der Waals surface area contributed by atoms with Gasteiger partial charge < -0.3 is 5.11 Å². The van der Waals surface area contributed by atoms with Gasteiger partial charge in [-0.05, 0) is 29.5 Å². The molecule has 0 saturated carbocycles. The molecule has 1 N–H and O–H groups in total. The molecular formula is C17H28N2O3S. The Labute approximate surface area is 140 Å². The van der Waals surface area contributed by atoms with Crippen molar-refractivity contribution in [2.24, 2.45) is 0 Å². The summed E-state index contributed by atoms with van der Waals surface area (Å²) in [4.78, 5) is 2.50. The normalized spacial score (nSPS) is 18.3. The molecular weight excluding hydrogens is 312 g/mol. The van der Waals surface area contributed by atoms with Gasteiger partial charge in [0.15, 0.2) is 0 Å². The smallest absolute Gasteiger partial charge is 0.243 e. The van der Waals surface area contributed by atoms with Crippen LogP contribution in [-0.4, -0.2) is 62.1 Å². The van der Waals surface area contributed by atoms with Crippen LogP contribution in [-0.2, 0) is 15.4 Å². The molecule has 0 aromatic heterocycles. The van der Waals surface area contributed by atoms with Crippen molar-refractivity contribution in [2.45, 2.75) is 38.0 Å². The Morgan fingerprint density at radius 1 is 1.13 bits per heavy atom. The lowest BCUT2D eigenvalue weighted by Crippen LogP contribution is -2.49. The van der Waals surface area contributed by atoms with Crippen LogP contribution in [0.4, 0.5) is 0 Å². The molecule has 23 heavy (non-hydrogen) atoms. The van der Waals surface area contributed by atoms with E-state index in [9.17, 15) is 8.42 Å². The molecule has 1 aromatic rings. The molecule has 1 aliphatic rings. The van der Waals surface area contributed by atoms with Gasteiger partial charge in [0, 0.05) is 32.7 Å². The Morgan fingerprint density at radius 3 is 2.26 bits per heavy atom. The predicted molar refractivity (Wildman–Crippen MR) is 92.2 cm³/mol. The molecule has 0 amide bonds. The predicted octanol–water partition coefficient (Wildman–Crippen LogP) is 1.59. The van der Waals surface area contributed by atoms with E-state index >= 15 is 0 Å². The highest BCUT2D eigenvalue weighted by molar-refractivity contribution is 7.89. The minimum atomic E-state index is -3.47. The van der Waals surface area contributed by atoms with E-state index in [1.54, 1.807) is 4.31 Å². The molecule has 0 bridgehead atoms. The average molecular weight is 340 g/mol. The Kier molecular flexibility index (Phi) is 5.51. The third kappa shape index (κ3) is 4.12. The lowest BCUT2D eigenvalue weighted by atomic mass is 9.87. The fourth-order valence-electron chi connectivity index (χ4n) is 2.82. The summed E-state index contributed by atoms with van der Waals surface area (Å²) >= 11 is 0. The van der Waals surface area contributed by atoms with Crippen LogP contribution in [0.5, 0.6) is 0 Å². The first-order valence-corrected chi connectivity index (χ1v) is 9.55. The van der Waals surface area contributed by atoms with Gasteiger partial charge in [0.2, 0.25) is 10.0 Å². The molecule has 0 atom stereocenters. The number of hydrogen-bond acceptors (Lipinski definition) is 4. The second-order valence-corrected chi connectivity index (χ2v) is 9.11. The SMILES string of the molecule is Cc1ccc(C(C)(C)C)cc1S(=O)(=O)N1CCN(CCO)CC1. The third-order valence-electron chi connectivity index (χ3n) is 4.42. The molecule has 0 aliphatic carbocycles. The zero-order valence-corrected chi connectivity index (χ0v) is 15.4. The second kappa shape index (κ2) is 6.89. The third-order valence-corrected chi connectivity index (χ3v) is 6.46. The first-order valence-electron chi connectivity index (χ1n) is 8.11. The summed E-state index contributed by atoms with van der Waals surface area (Å²) in [5.74, 6) is 0. The van der Waals surface area contributed by atoms with Crippen molar-refractivity contribution in [3.8, 4) is 0 Å². The van der Waals surface area contributed by atoms with E-state index in [1.165, 1.54) is 0 Å². The summed E-state index contributed by atoms with van der Waals surface area (Å²) in [7, 11) is -3.47. The molecule has 1 heterocycles. The maximum absolute atomic E-state index is 13.0. The maximum Gasteiger partial charge on any atom is 0.243 e. The van der Waals surface area contributed by atoms with Gasteiger partial charge >= 0.3 is 0 Å². The largest absolute Gasteiger partial charge is 0.395 e. The van der Waals surface area contributed by atoms with Crippen molar-refractivity contribution in [2.75, 3.05) is 39.3 Å². The fraction of sp³-hybridized carbons (Fsp3) is 0.647. The molecule has 0 radical (unpaired) electrons. The van der Waals surface area contributed by atoms with Crippen molar-refractivity contribution in [1.82, 2.24) is 9.21 Å². The number of aryl methyl sites for hydroxylation is 1. The lowest BCUT2D eigenvalue weighted by Gasteiger charge is -2.34. The molecule has 1 aromatic carbocycles. The lowest BCUT2D eigenvalue weighted by molar-refractivity contribution is 0.151. The van der Waals surface area contributed by atoms with E-state index in [0.29, 0.717) is 37.6 Å². The van der Waals surface area contributed by atoms with Gasteiger partial charge in [0.1, 0.15) is 0 Å². The summed E-state index contributed by atoms with van der Waals surface area (Å²) in [6.45, 7) is 11.1. The molecule has 2 rings (SSSR count). The van der Waals surface area contributed by atoms with Crippen molar-refractivity contribution < 1.29 is 13.5 Å². The Balaban J connectivity index is 2.27.